The lowest BCUT2D eigenvalue weighted by Crippen LogP contribution is -2.03. The van der Waals surface area contributed by atoms with Gasteiger partial charge in [0.05, 0.1) is 37.0 Å². The fourth-order valence-corrected chi connectivity index (χ4v) is 6.69. The van der Waals surface area contributed by atoms with Crippen LogP contribution in [0, 0.1) is 0 Å². The Morgan fingerprint density at radius 3 is 1.18 bits per heavy atom. The normalized spacial score (nSPS) is 12.3. The van der Waals surface area contributed by atoms with E-state index in [9.17, 15) is 25.9 Å². The number of rotatable bonds is 9. The second-order valence-electron chi connectivity index (χ2n) is 10.8. The zero-order valence-corrected chi connectivity index (χ0v) is 28.0. The van der Waals surface area contributed by atoms with E-state index in [4.69, 9.17) is 20.9 Å². The highest BCUT2D eigenvalue weighted by Crippen LogP contribution is 2.41. The first kappa shape index (κ1) is 33.9. The number of nitrogens with two attached hydrogens (primary N) is 2. The predicted octanol–water partition coefficient (Wildman–Crippen LogP) is 8.17. The lowest BCUT2D eigenvalue weighted by Gasteiger charge is -2.11. The van der Waals surface area contributed by atoms with Gasteiger partial charge in [-0.15, -0.1) is 20.5 Å². The number of azo groups is 2. The Morgan fingerprint density at radius 1 is 0.500 bits per heavy atom. The molecule has 0 aromatic heterocycles. The molecule has 0 saturated heterocycles. The molecule has 0 amide bonds. The Labute approximate surface area is 286 Å². The van der Waals surface area contributed by atoms with Crippen LogP contribution in [0.2, 0.25) is 0 Å². The number of anilines is 2. The monoisotopic (exact) mass is 712 g/mol. The highest BCUT2D eigenvalue weighted by molar-refractivity contribution is 7.86. The SMILES string of the molecule is COc1cc(-c2ccc(N=Nc3cc(S(=O)(=O)O)c(N)c4ccccc34)c(OC)c2)ccc1N=Nc1cc(S(=O)(=O)O)c(N)c2ccccc12. The molecule has 0 saturated carbocycles. The first-order valence-corrected chi connectivity index (χ1v) is 17.5. The molecule has 6 rings (SSSR count). The van der Waals surface area contributed by atoms with Crippen LogP contribution in [0.1, 0.15) is 0 Å². The highest BCUT2D eigenvalue weighted by atomic mass is 32.2. The summed E-state index contributed by atoms with van der Waals surface area (Å²) in [7, 11) is -6.34. The maximum atomic E-state index is 12.0. The minimum Gasteiger partial charge on any atom is -0.494 e. The third-order valence-corrected chi connectivity index (χ3v) is 9.62. The van der Waals surface area contributed by atoms with Crippen LogP contribution >= 0.6 is 0 Å². The van der Waals surface area contributed by atoms with Crippen molar-refractivity contribution in [1.29, 1.82) is 0 Å². The molecule has 0 heterocycles. The Balaban J connectivity index is 1.34. The molecule has 6 aromatic carbocycles. The maximum Gasteiger partial charge on any atom is 0.296 e. The third kappa shape index (κ3) is 6.55. The van der Waals surface area contributed by atoms with E-state index in [1.165, 1.54) is 14.2 Å². The van der Waals surface area contributed by atoms with E-state index in [0.717, 1.165) is 23.3 Å². The van der Waals surface area contributed by atoms with E-state index in [1.54, 1.807) is 84.9 Å². The summed E-state index contributed by atoms with van der Waals surface area (Å²) in [6.45, 7) is 0. The summed E-state index contributed by atoms with van der Waals surface area (Å²) in [6, 6.07) is 26.2. The smallest absolute Gasteiger partial charge is 0.296 e. The lowest BCUT2D eigenvalue weighted by molar-refractivity contribution is 0.415. The van der Waals surface area contributed by atoms with Crippen molar-refractivity contribution in [3.63, 3.8) is 0 Å². The average Bonchev–Trinajstić information content (AvgIpc) is 3.10. The molecule has 14 nitrogen and oxygen atoms in total. The summed E-state index contributed by atoms with van der Waals surface area (Å²) in [4.78, 5) is -0.955. The number of fused-ring (bicyclic) bond motifs is 2. The fraction of sp³-hybridized carbons (Fsp3) is 0.0588. The molecular formula is C34H28N6O8S2. The Hall–Kier alpha value is -5.94. The topological polar surface area (TPSA) is 229 Å². The number of ether oxygens (including phenoxy) is 2. The minimum absolute atomic E-state index is 0.100. The van der Waals surface area contributed by atoms with Crippen LogP contribution in [0.3, 0.4) is 0 Å². The molecule has 0 spiro atoms. The molecule has 6 aromatic rings. The molecule has 50 heavy (non-hydrogen) atoms. The summed E-state index contributed by atoms with van der Waals surface area (Å²) >= 11 is 0. The van der Waals surface area contributed by atoms with Crippen molar-refractivity contribution in [1.82, 2.24) is 0 Å². The first-order chi connectivity index (χ1) is 23.8. The molecule has 254 valence electrons. The number of hydrogen-bond acceptors (Lipinski definition) is 12. The molecule has 16 heteroatoms. The van der Waals surface area contributed by atoms with Gasteiger partial charge in [0.15, 0.2) is 0 Å². The molecule has 0 unspecified atom stereocenters. The van der Waals surface area contributed by atoms with Crippen molar-refractivity contribution in [3.05, 3.63) is 97.1 Å². The van der Waals surface area contributed by atoms with Crippen LogP contribution in [0.4, 0.5) is 34.1 Å². The summed E-state index contributed by atoms with van der Waals surface area (Å²) in [5, 5.41) is 19.0. The van der Waals surface area contributed by atoms with Gasteiger partial charge >= 0.3 is 0 Å². The second kappa shape index (κ2) is 13.2. The van der Waals surface area contributed by atoms with Crippen LogP contribution in [0.25, 0.3) is 32.7 Å². The van der Waals surface area contributed by atoms with Gasteiger partial charge in [-0.25, -0.2) is 0 Å². The quantitative estimate of drug-likeness (QED) is 0.0638. The number of nitrogen functional groups attached to an aromatic ring is 2. The zero-order chi connectivity index (χ0) is 35.8. The van der Waals surface area contributed by atoms with Crippen LogP contribution in [0.15, 0.2) is 127 Å². The number of methoxy groups -OCH3 is 2. The summed E-state index contributed by atoms with van der Waals surface area (Å²) in [6.07, 6.45) is 0. The van der Waals surface area contributed by atoms with Gasteiger partial charge in [0.25, 0.3) is 20.2 Å². The van der Waals surface area contributed by atoms with E-state index in [2.05, 4.69) is 20.5 Å². The van der Waals surface area contributed by atoms with Gasteiger partial charge < -0.3 is 20.9 Å². The molecule has 0 fully saturated rings. The van der Waals surface area contributed by atoms with Crippen LogP contribution in [-0.2, 0) is 20.2 Å². The van der Waals surface area contributed by atoms with E-state index in [-0.39, 0.29) is 22.7 Å². The summed E-state index contributed by atoms with van der Waals surface area (Å²) in [5.74, 6) is 0.710. The van der Waals surface area contributed by atoms with Gasteiger partial charge in [-0.1, -0.05) is 60.7 Å². The summed E-state index contributed by atoms with van der Waals surface area (Å²) in [5.41, 5.74) is 14.3. The van der Waals surface area contributed by atoms with Crippen LogP contribution < -0.4 is 20.9 Å². The van der Waals surface area contributed by atoms with E-state index in [0.29, 0.717) is 44.4 Å². The van der Waals surface area contributed by atoms with Crippen LogP contribution in [0.5, 0.6) is 11.5 Å². The van der Waals surface area contributed by atoms with Gasteiger partial charge in [0.2, 0.25) is 0 Å². The predicted molar refractivity (Wildman–Crippen MR) is 190 cm³/mol. The number of benzene rings is 6. The van der Waals surface area contributed by atoms with Gasteiger partial charge in [-0.3, -0.25) is 9.11 Å². The second-order valence-corrected chi connectivity index (χ2v) is 13.6. The molecule has 0 aliphatic rings. The van der Waals surface area contributed by atoms with E-state index < -0.39 is 30.0 Å². The van der Waals surface area contributed by atoms with Crippen molar-refractivity contribution in [2.75, 3.05) is 25.7 Å². The number of hydrogen-bond donors (Lipinski definition) is 4. The molecule has 0 bridgehead atoms. The maximum absolute atomic E-state index is 12.0. The molecule has 0 radical (unpaired) electrons. The van der Waals surface area contributed by atoms with Gasteiger partial charge in [-0.2, -0.15) is 16.8 Å². The fourth-order valence-electron chi connectivity index (χ4n) is 5.39. The van der Waals surface area contributed by atoms with Crippen molar-refractivity contribution in [3.8, 4) is 22.6 Å². The van der Waals surface area contributed by atoms with Crippen molar-refractivity contribution < 1.29 is 35.4 Å². The molecule has 6 N–H and O–H groups in total. The minimum atomic E-state index is -4.63. The molecular weight excluding hydrogens is 685 g/mol. The third-order valence-electron chi connectivity index (χ3n) is 7.83. The summed E-state index contributed by atoms with van der Waals surface area (Å²) < 4.78 is 78.6. The molecule has 0 aliphatic heterocycles. The Kier molecular flexibility index (Phi) is 8.94. The Morgan fingerprint density at radius 2 is 0.840 bits per heavy atom. The molecule has 0 aliphatic carbocycles. The number of nitrogens with zero attached hydrogens (tertiary/aromatic N) is 4. The van der Waals surface area contributed by atoms with E-state index >= 15 is 0 Å². The first-order valence-electron chi connectivity index (χ1n) is 14.6. The standard InChI is InChI=1S/C34H28N6O8S2/c1-47-29-15-19(11-13-25(29)37-39-27-17-31(49(41,42)43)33(35)23-9-5-3-7-21(23)27)20-12-14-26(30(16-20)48-2)38-40-28-18-32(50(44,45)46)34(36)24-10-6-4-8-22(24)28/h3-18H,35-36H2,1-2H3,(H,41,42,43)(H,44,45,46). The molecule has 0 atom stereocenters. The van der Waals surface area contributed by atoms with Crippen molar-refractivity contribution >= 4 is 75.9 Å². The largest absolute Gasteiger partial charge is 0.494 e. The highest BCUT2D eigenvalue weighted by Gasteiger charge is 2.20. The van der Waals surface area contributed by atoms with Crippen molar-refractivity contribution in [2.45, 2.75) is 9.79 Å². The zero-order valence-electron chi connectivity index (χ0n) is 26.3. The lowest BCUT2D eigenvalue weighted by atomic mass is 10.0. The van der Waals surface area contributed by atoms with Crippen LogP contribution in [-0.4, -0.2) is 40.2 Å². The van der Waals surface area contributed by atoms with Crippen molar-refractivity contribution in [2.24, 2.45) is 20.5 Å². The Bertz CT molecular complexity index is 2430. The van der Waals surface area contributed by atoms with Gasteiger partial charge in [0, 0.05) is 21.5 Å². The average molecular weight is 713 g/mol. The van der Waals surface area contributed by atoms with E-state index in [1.807, 2.05) is 0 Å². The van der Waals surface area contributed by atoms with Gasteiger partial charge in [-0.05, 0) is 47.5 Å². The van der Waals surface area contributed by atoms with Gasteiger partial charge in [0.1, 0.15) is 32.7 Å².